The zero-order valence-electron chi connectivity index (χ0n) is 18.9. The number of anilines is 2. The molecule has 1 saturated carbocycles. The molecule has 3 amide bonds. The molecule has 3 aromatic rings. The lowest BCUT2D eigenvalue weighted by Gasteiger charge is -2.21. The summed E-state index contributed by atoms with van der Waals surface area (Å²) in [5, 5.41) is 5.61. The van der Waals surface area contributed by atoms with Crippen LogP contribution in [-0.4, -0.2) is 41.1 Å². The van der Waals surface area contributed by atoms with E-state index in [4.69, 9.17) is 4.99 Å². The summed E-state index contributed by atoms with van der Waals surface area (Å²) < 4.78 is 0. The quantitative estimate of drug-likeness (QED) is 0.605. The minimum Gasteiger partial charge on any atom is -0.324 e. The fourth-order valence-electron chi connectivity index (χ4n) is 4.66. The maximum absolute atomic E-state index is 13.6. The summed E-state index contributed by atoms with van der Waals surface area (Å²) in [4.78, 5) is 49.8. The Labute approximate surface area is 202 Å². The number of aromatic nitrogens is 1. The van der Waals surface area contributed by atoms with Crippen LogP contribution in [-0.2, 0) is 16.0 Å². The number of benzene rings is 2. The van der Waals surface area contributed by atoms with Gasteiger partial charge in [-0.15, -0.1) is 0 Å². The molecule has 0 radical (unpaired) electrons. The normalized spacial score (nSPS) is 18.4. The molecule has 1 fully saturated rings. The molecule has 0 bridgehead atoms. The molecule has 1 atom stereocenters. The van der Waals surface area contributed by atoms with Crippen LogP contribution in [0.3, 0.4) is 0 Å². The molecule has 35 heavy (non-hydrogen) atoms. The number of nitrogens with zero attached hydrogens (tertiary/aromatic N) is 3. The number of hydrogen-bond acceptors (Lipinski definition) is 5. The highest BCUT2D eigenvalue weighted by molar-refractivity contribution is 6.21. The van der Waals surface area contributed by atoms with Crippen molar-refractivity contribution >= 4 is 34.8 Å². The maximum atomic E-state index is 13.6. The van der Waals surface area contributed by atoms with E-state index >= 15 is 0 Å². The number of carbonyl (C=O) groups is 3. The van der Waals surface area contributed by atoms with Gasteiger partial charge in [0.2, 0.25) is 12.1 Å². The predicted octanol–water partition coefficient (Wildman–Crippen LogP) is 2.93. The summed E-state index contributed by atoms with van der Waals surface area (Å²) in [5.41, 5.74) is 4.90. The van der Waals surface area contributed by atoms with Crippen molar-refractivity contribution in [2.24, 2.45) is 10.9 Å². The van der Waals surface area contributed by atoms with Gasteiger partial charge in [-0.3, -0.25) is 19.4 Å². The molecule has 0 saturated heterocycles. The van der Waals surface area contributed by atoms with Crippen LogP contribution in [0.4, 0.5) is 11.4 Å². The Morgan fingerprint density at radius 3 is 2.63 bits per heavy atom. The van der Waals surface area contributed by atoms with Crippen LogP contribution < -0.4 is 15.5 Å². The predicted molar refractivity (Wildman–Crippen MR) is 131 cm³/mol. The third-order valence-corrected chi connectivity index (χ3v) is 6.59. The van der Waals surface area contributed by atoms with Gasteiger partial charge in [-0.25, -0.2) is 4.99 Å². The molecule has 1 aromatic heterocycles. The largest absolute Gasteiger partial charge is 0.324 e. The van der Waals surface area contributed by atoms with Crippen LogP contribution in [0.2, 0.25) is 0 Å². The second-order valence-corrected chi connectivity index (χ2v) is 8.96. The van der Waals surface area contributed by atoms with Gasteiger partial charge in [0, 0.05) is 29.8 Å². The van der Waals surface area contributed by atoms with Gasteiger partial charge < -0.3 is 15.5 Å². The molecule has 0 spiro atoms. The third kappa shape index (κ3) is 3.86. The lowest BCUT2D eigenvalue weighted by Crippen LogP contribution is -2.47. The minimum atomic E-state index is -1.11. The van der Waals surface area contributed by atoms with Crippen LogP contribution in [0, 0.1) is 5.92 Å². The standard InChI is InChI=1S/C27H23N5O3/c33-25(18-9-10-18)29-21-15-28-13-11-19(21)26(34)31-24-27(35)32-14-12-17-7-4-8-20(23(17)32)22(30-24)16-5-2-1-3-6-16/h1-8,11,13,15,18,24H,9-10,12,14H2,(H,29,33)(H,31,34)/t24-/m0/s1. The SMILES string of the molecule is O=C(N[C@@H]1N=C(c2ccccc2)c2cccc3c2N(CC3)C1=O)c1ccncc1NC(=O)C1CC1. The van der Waals surface area contributed by atoms with Crippen molar-refractivity contribution in [3.8, 4) is 0 Å². The van der Waals surface area contributed by atoms with Gasteiger partial charge in [0.05, 0.1) is 28.8 Å². The van der Waals surface area contributed by atoms with E-state index in [2.05, 4.69) is 15.6 Å². The molecule has 174 valence electrons. The number of carbonyl (C=O) groups excluding carboxylic acids is 3. The van der Waals surface area contributed by atoms with Gasteiger partial charge >= 0.3 is 0 Å². The van der Waals surface area contributed by atoms with Gasteiger partial charge in [-0.2, -0.15) is 0 Å². The molecule has 3 aliphatic rings. The molecule has 6 rings (SSSR count). The molecule has 8 nitrogen and oxygen atoms in total. The zero-order chi connectivity index (χ0) is 23.9. The van der Waals surface area contributed by atoms with E-state index in [1.807, 2.05) is 48.5 Å². The summed E-state index contributed by atoms with van der Waals surface area (Å²) in [5.74, 6) is -0.927. The molecule has 2 aromatic carbocycles. The first kappa shape index (κ1) is 21.2. The van der Waals surface area contributed by atoms with E-state index in [1.54, 1.807) is 4.90 Å². The molecular weight excluding hydrogens is 442 g/mol. The van der Waals surface area contributed by atoms with Crippen molar-refractivity contribution in [3.63, 3.8) is 0 Å². The van der Waals surface area contributed by atoms with E-state index in [9.17, 15) is 14.4 Å². The van der Waals surface area contributed by atoms with Crippen molar-refractivity contribution in [1.29, 1.82) is 0 Å². The van der Waals surface area contributed by atoms with Gasteiger partial charge in [-0.05, 0) is 30.9 Å². The highest BCUT2D eigenvalue weighted by Gasteiger charge is 2.37. The molecule has 3 heterocycles. The van der Waals surface area contributed by atoms with Crippen LogP contribution in [0.5, 0.6) is 0 Å². The summed E-state index contributed by atoms with van der Waals surface area (Å²) in [6.45, 7) is 0.535. The Morgan fingerprint density at radius 2 is 1.83 bits per heavy atom. The molecule has 2 aliphatic heterocycles. The van der Waals surface area contributed by atoms with E-state index in [0.717, 1.165) is 41.6 Å². The Hall–Kier alpha value is -4.33. The van der Waals surface area contributed by atoms with Crippen LogP contribution >= 0.6 is 0 Å². The van der Waals surface area contributed by atoms with Crippen LogP contribution in [0.25, 0.3) is 0 Å². The number of hydrogen-bond donors (Lipinski definition) is 2. The lowest BCUT2D eigenvalue weighted by atomic mass is 9.98. The van der Waals surface area contributed by atoms with Crippen molar-refractivity contribution in [3.05, 3.63) is 89.2 Å². The van der Waals surface area contributed by atoms with Crippen molar-refractivity contribution in [2.75, 3.05) is 16.8 Å². The average molecular weight is 466 g/mol. The third-order valence-electron chi connectivity index (χ3n) is 6.59. The lowest BCUT2D eigenvalue weighted by molar-refractivity contribution is -0.120. The highest BCUT2D eigenvalue weighted by Crippen LogP contribution is 2.36. The summed E-state index contributed by atoms with van der Waals surface area (Å²) in [7, 11) is 0. The van der Waals surface area contributed by atoms with E-state index in [-0.39, 0.29) is 23.3 Å². The van der Waals surface area contributed by atoms with Gasteiger partial charge in [0.25, 0.3) is 11.8 Å². The molecular formula is C27H23N5O3. The van der Waals surface area contributed by atoms with Gasteiger partial charge in [0.1, 0.15) is 0 Å². The average Bonchev–Trinajstić information content (AvgIpc) is 3.66. The highest BCUT2D eigenvalue weighted by atomic mass is 16.2. The van der Waals surface area contributed by atoms with Gasteiger partial charge in [0.15, 0.2) is 0 Å². The number of rotatable bonds is 5. The second-order valence-electron chi connectivity index (χ2n) is 8.96. The number of pyridine rings is 1. The Bertz CT molecular complexity index is 1380. The smallest absolute Gasteiger partial charge is 0.272 e. The second kappa shape index (κ2) is 8.47. The van der Waals surface area contributed by atoms with Crippen molar-refractivity contribution in [1.82, 2.24) is 10.3 Å². The first-order valence-electron chi connectivity index (χ1n) is 11.7. The fraction of sp³-hybridized carbons (Fsp3) is 0.222. The first-order chi connectivity index (χ1) is 17.1. The Kier molecular flexibility index (Phi) is 5.13. The summed E-state index contributed by atoms with van der Waals surface area (Å²) in [6, 6.07) is 17.2. The molecule has 8 heteroatoms. The summed E-state index contributed by atoms with van der Waals surface area (Å²) in [6.07, 6.45) is 4.26. The van der Waals surface area contributed by atoms with Crippen LogP contribution in [0.15, 0.2) is 72.0 Å². The Morgan fingerprint density at radius 1 is 1.00 bits per heavy atom. The van der Waals surface area contributed by atoms with E-state index < -0.39 is 12.1 Å². The van der Waals surface area contributed by atoms with Crippen molar-refractivity contribution < 1.29 is 14.4 Å². The van der Waals surface area contributed by atoms with Crippen LogP contribution in [0.1, 0.15) is 39.9 Å². The number of aliphatic imine (C=N–C) groups is 1. The minimum absolute atomic E-state index is 0.0181. The molecule has 1 aliphatic carbocycles. The zero-order valence-corrected chi connectivity index (χ0v) is 18.9. The summed E-state index contributed by atoms with van der Waals surface area (Å²) >= 11 is 0. The fourth-order valence-corrected chi connectivity index (χ4v) is 4.66. The number of nitrogens with one attached hydrogen (secondary N) is 2. The van der Waals surface area contributed by atoms with E-state index in [1.165, 1.54) is 18.5 Å². The topological polar surface area (TPSA) is 104 Å². The molecule has 0 unspecified atom stereocenters. The first-order valence-corrected chi connectivity index (χ1v) is 11.7. The number of amides is 3. The maximum Gasteiger partial charge on any atom is 0.272 e. The number of para-hydroxylation sites is 1. The molecule has 2 N–H and O–H groups in total. The van der Waals surface area contributed by atoms with E-state index in [0.29, 0.717) is 17.9 Å². The van der Waals surface area contributed by atoms with Crippen molar-refractivity contribution in [2.45, 2.75) is 25.4 Å². The monoisotopic (exact) mass is 465 g/mol. The Balaban J connectivity index is 1.37. The van der Waals surface area contributed by atoms with Gasteiger partial charge in [-0.1, -0.05) is 48.5 Å².